The Kier molecular flexibility index (Phi) is 6.05. The molecule has 0 unspecified atom stereocenters. The van der Waals surface area contributed by atoms with E-state index >= 15 is 0 Å². The molecule has 0 aliphatic carbocycles. The highest BCUT2D eigenvalue weighted by Gasteiger charge is 2.35. The SMILES string of the molecule is COc1ccc(/C=C2\C(=O)NC(=S)N(c3cccc(Cl)c3)C2=O)c(OC)c1OC. The smallest absolute Gasteiger partial charge is 0.270 e. The highest BCUT2D eigenvalue weighted by molar-refractivity contribution is 7.80. The Balaban J connectivity index is 2.10. The van der Waals surface area contributed by atoms with Crippen molar-refractivity contribution in [2.75, 3.05) is 26.2 Å². The number of benzene rings is 2. The molecule has 0 atom stereocenters. The van der Waals surface area contributed by atoms with Crippen molar-refractivity contribution in [2.24, 2.45) is 0 Å². The van der Waals surface area contributed by atoms with Gasteiger partial charge in [-0.1, -0.05) is 17.7 Å². The number of rotatable bonds is 5. The van der Waals surface area contributed by atoms with Crippen molar-refractivity contribution in [1.82, 2.24) is 5.32 Å². The van der Waals surface area contributed by atoms with Crippen LogP contribution < -0.4 is 24.4 Å². The molecule has 0 spiro atoms. The van der Waals surface area contributed by atoms with E-state index in [-0.39, 0.29) is 10.7 Å². The van der Waals surface area contributed by atoms with E-state index in [1.165, 1.54) is 32.3 Å². The van der Waals surface area contributed by atoms with E-state index in [1.807, 2.05) is 0 Å². The maximum atomic E-state index is 13.1. The van der Waals surface area contributed by atoms with E-state index in [1.54, 1.807) is 36.4 Å². The van der Waals surface area contributed by atoms with Crippen molar-refractivity contribution in [3.8, 4) is 17.2 Å². The number of anilines is 1. The van der Waals surface area contributed by atoms with Crippen LogP contribution in [0.2, 0.25) is 5.02 Å². The van der Waals surface area contributed by atoms with Crippen LogP contribution in [0.3, 0.4) is 0 Å². The molecule has 7 nitrogen and oxygen atoms in total. The van der Waals surface area contributed by atoms with E-state index in [0.29, 0.717) is 33.5 Å². The van der Waals surface area contributed by atoms with Crippen molar-refractivity contribution < 1.29 is 23.8 Å². The second kappa shape index (κ2) is 8.50. The van der Waals surface area contributed by atoms with Crippen LogP contribution in [0, 0.1) is 0 Å². The molecule has 1 heterocycles. The highest BCUT2D eigenvalue weighted by Crippen LogP contribution is 2.40. The fourth-order valence-electron chi connectivity index (χ4n) is 2.90. The van der Waals surface area contributed by atoms with E-state index in [2.05, 4.69) is 5.32 Å². The number of carbonyl (C=O) groups excluding carboxylic acids is 2. The summed E-state index contributed by atoms with van der Waals surface area (Å²) in [6.07, 6.45) is 1.41. The van der Waals surface area contributed by atoms with Gasteiger partial charge >= 0.3 is 0 Å². The molecule has 2 amide bonds. The number of ether oxygens (including phenoxy) is 3. The molecule has 1 N–H and O–H groups in total. The van der Waals surface area contributed by atoms with Crippen LogP contribution in [-0.2, 0) is 9.59 Å². The normalized spacial score (nSPS) is 15.4. The van der Waals surface area contributed by atoms with Crippen molar-refractivity contribution >= 4 is 52.5 Å². The fourth-order valence-corrected chi connectivity index (χ4v) is 3.37. The minimum absolute atomic E-state index is 0.0290. The second-order valence-corrected chi connectivity index (χ2v) is 6.68. The first-order valence-corrected chi connectivity index (χ1v) is 9.15. The molecule has 2 aromatic carbocycles. The number of carbonyl (C=O) groups is 2. The summed E-state index contributed by atoms with van der Waals surface area (Å²) in [4.78, 5) is 26.8. The van der Waals surface area contributed by atoms with Gasteiger partial charge in [-0.25, -0.2) is 0 Å². The van der Waals surface area contributed by atoms with Gasteiger partial charge in [0.05, 0.1) is 27.0 Å². The van der Waals surface area contributed by atoms with Crippen molar-refractivity contribution in [3.63, 3.8) is 0 Å². The first-order chi connectivity index (χ1) is 13.9. The van der Waals surface area contributed by atoms with Gasteiger partial charge < -0.3 is 14.2 Å². The van der Waals surface area contributed by atoms with Crippen molar-refractivity contribution in [2.45, 2.75) is 0 Å². The lowest BCUT2D eigenvalue weighted by atomic mass is 10.1. The van der Waals surface area contributed by atoms with Crippen LogP contribution >= 0.6 is 23.8 Å². The predicted octanol–water partition coefficient (Wildman–Crippen LogP) is 3.20. The van der Waals surface area contributed by atoms with Gasteiger partial charge in [0.25, 0.3) is 11.8 Å². The first kappa shape index (κ1) is 20.6. The second-order valence-electron chi connectivity index (χ2n) is 5.86. The molecule has 0 radical (unpaired) electrons. The molecule has 150 valence electrons. The highest BCUT2D eigenvalue weighted by atomic mass is 35.5. The Morgan fingerprint density at radius 2 is 1.76 bits per heavy atom. The lowest BCUT2D eigenvalue weighted by molar-refractivity contribution is -0.122. The number of thiocarbonyl (C=S) groups is 1. The molecule has 0 bridgehead atoms. The topological polar surface area (TPSA) is 77.1 Å². The van der Waals surface area contributed by atoms with Gasteiger partial charge in [-0.2, -0.15) is 0 Å². The number of nitrogens with zero attached hydrogens (tertiary/aromatic N) is 1. The molecule has 1 saturated heterocycles. The van der Waals surface area contributed by atoms with Crippen molar-refractivity contribution in [3.05, 3.63) is 52.6 Å². The molecule has 9 heteroatoms. The maximum absolute atomic E-state index is 13.1. The van der Waals surface area contributed by atoms with Crippen molar-refractivity contribution in [1.29, 1.82) is 0 Å². The van der Waals surface area contributed by atoms with E-state index in [9.17, 15) is 9.59 Å². The Morgan fingerprint density at radius 3 is 2.38 bits per heavy atom. The third-order valence-electron chi connectivity index (χ3n) is 4.20. The number of halogens is 1. The molecule has 0 aromatic heterocycles. The number of methoxy groups -OCH3 is 3. The van der Waals surface area contributed by atoms with Gasteiger partial charge in [0.2, 0.25) is 5.75 Å². The van der Waals surface area contributed by atoms with E-state index in [4.69, 9.17) is 38.0 Å². The summed E-state index contributed by atoms with van der Waals surface area (Å²) in [5, 5.41) is 2.93. The molecule has 3 rings (SSSR count). The lowest BCUT2D eigenvalue weighted by Crippen LogP contribution is -2.54. The largest absolute Gasteiger partial charge is 0.493 e. The summed E-state index contributed by atoms with van der Waals surface area (Å²) in [7, 11) is 4.42. The molecule has 0 saturated carbocycles. The Labute approximate surface area is 177 Å². The Hall–Kier alpha value is -3.10. The van der Waals surface area contributed by atoms with E-state index < -0.39 is 11.8 Å². The third kappa shape index (κ3) is 3.90. The summed E-state index contributed by atoms with van der Waals surface area (Å²) in [5.74, 6) is -0.0849. The predicted molar refractivity (Wildman–Crippen MR) is 114 cm³/mol. The summed E-state index contributed by atoms with van der Waals surface area (Å²) in [6, 6.07) is 9.92. The molecular weight excluding hydrogens is 416 g/mol. The number of nitrogens with one attached hydrogen (secondary N) is 1. The third-order valence-corrected chi connectivity index (χ3v) is 4.72. The monoisotopic (exact) mass is 432 g/mol. The van der Waals surface area contributed by atoms with Crippen LogP contribution in [0.1, 0.15) is 5.56 Å². The molecule has 1 aliphatic rings. The summed E-state index contributed by atoms with van der Waals surface area (Å²) >= 11 is 11.2. The molecular formula is C20H17ClN2O5S. The Bertz CT molecular complexity index is 1040. The minimum Gasteiger partial charge on any atom is -0.493 e. The maximum Gasteiger partial charge on any atom is 0.270 e. The molecule has 2 aromatic rings. The minimum atomic E-state index is -0.616. The average Bonchev–Trinajstić information content (AvgIpc) is 2.70. The zero-order chi connectivity index (χ0) is 21.1. The number of hydrogen-bond acceptors (Lipinski definition) is 6. The van der Waals surface area contributed by atoms with Crippen LogP contribution in [0.4, 0.5) is 5.69 Å². The number of amides is 2. The quantitative estimate of drug-likeness (QED) is 0.444. The van der Waals surface area contributed by atoms with Gasteiger partial charge in [0.15, 0.2) is 16.6 Å². The lowest BCUT2D eigenvalue weighted by Gasteiger charge is -2.29. The van der Waals surface area contributed by atoms with Crippen LogP contribution in [0.5, 0.6) is 17.2 Å². The zero-order valence-electron chi connectivity index (χ0n) is 15.8. The first-order valence-electron chi connectivity index (χ1n) is 8.37. The van der Waals surface area contributed by atoms with Crippen LogP contribution in [-0.4, -0.2) is 38.3 Å². The number of hydrogen-bond donors (Lipinski definition) is 1. The summed E-state index contributed by atoms with van der Waals surface area (Å²) in [5.41, 5.74) is 0.782. The fraction of sp³-hybridized carbons (Fsp3) is 0.150. The van der Waals surface area contributed by atoms with Crippen LogP contribution in [0.15, 0.2) is 42.0 Å². The zero-order valence-corrected chi connectivity index (χ0v) is 17.4. The van der Waals surface area contributed by atoms with E-state index in [0.717, 1.165) is 0 Å². The molecule has 1 fully saturated rings. The van der Waals surface area contributed by atoms with Gasteiger partial charge in [0.1, 0.15) is 5.57 Å². The summed E-state index contributed by atoms with van der Waals surface area (Å²) in [6.45, 7) is 0. The van der Waals surface area contributed by atoms with Crippen LogP contribution in [0.25, 0.3) is 6.08 Å². The Morgan fingerprint density at radius 1 is 1.03 bits per heavy atom. The van der Waals surface area contributed by atoms with Gasteiger partial charge in [0, 0.05) is 10.6 Å². The standard InChI is InChI=1S/C20H17ClN2O5S/c1-26-15-8-7-11(16(27-2)17(15)28-3)9-14-18(24)22-20(29)23(19(14)25)13-6-4-5-12(21)10-13/h4-10H,1-3H3,(H,22,24,29)/b14-9+. The average molecular weight is 433 g/mol. The van der Waals surface area contributed by atoms with Gasteiger partial charge in [-0.3, -0.25) is 19.8 Å². The van der Waals surface area contributed by atoms with Gasteiger partial charge in [-0.05, 0) is 48.6 Å². The van der Waals surface area contributed by atoms with Gasteiger partial charge in [-0.15, -0.1) is 0 Å². The summed E-state index contributed by atoms with van der Waals surface area (Å²) < 4.78 is 16.0. The molecule has 1 aliphatic heterocycles. The molecule has 29 heavy (non-hydrogen) atoms.